The molecule has 1 atom stereocenters. The summed E-state index contributed by atoms with van der Waals surface area (Å²) in [5.41, 5.74) is 5.09. The molecule has 0 heterocycles. The second kappa shape index (κ2) is 14.1. The van der Waals surface area contributed by atoms with Gasteiger partial charge >= 0.3 is 0 Å². The molecule has 0 aliphatic heterocycles. The van der Waals surface area contributed by atoms with Crippen LogP contribution in [-0.2, 0) is 31.0 Å². The normalized spacial score (nSPS) is 12.1. The molecule has 0 unspecified atom stereocenters. The maximum absolute atomic E-state index is 12.3. The van der Waals surface area contributed by atoms with Crippen molar-refractivity contribution in [2.75, 3.05) is 6.54 Å². The van der Waals surface area contributed by atoms with E-state index in [0.29, 0.717) is 0 Å². The van der Waals surface area contributed by atoms with Gasteiger partial charge in [0.15, 0.2) is 0 Å². The van der Waals surface area contributed by atoms with Crippen molar-refractivity contribution in [1.29, 1.82) is 0 Å². The fourth-order valence-corrected chi connectivity index (χ4v) is 4.68. The summed E-state index contributed by atoms with van der Waals surface area (Å²) in [6.45, 7) is 4.27. The van der Waals surface area contributed by atoms with Gasteiger partial charge in [-0.15, -0.1) is 0 Å². The molecule has 0 aliphatic carbocycles. The molecular weight excluding hydrogens is 440 g/mol. The Balaban J connectivity index is 1.42. The lowest BCUT2D eigenvalue weighted by Crippen LogP contribution is -2.36. The topological polar surface area (TPSA) is 23.6 Å². The van der Waals surface area contributed by atoms with Crippen LogP contribution in [0.25, 0.3) is 0 Å². The zero-order valence-electron chi connectivity index (χ0n) is 21.0. The number of nitrogens with zero attached hydrogens (tertiary/aromatic N) is 2. The molecule has 0 aliphatic rings. The van der Waals surface area contributed by atoms with E-state index in [0.717, 1.165) is 51.9 Å². The van der Waals surface area contributed by atoms with E-state index in [1.807, 2.05) is 12.1 Å². The molecule has 3 heteroatoms. The summed E-state index contributed by atoms with van der Waals surface area (Å²) in [5.74, 6) is 0. The second-order valence-electron chi connectivity index (χ2n) is 9.40. The van der Waals surface area contributed by atoms with E-state index in [1.54, 1.807) is 0 Å². The van der Waals surface area contributed by atoms with Gasteiger partial charge in [0, 0.05) is 26.2 Å². The van der Waals surface area contributed by atoms with Crippen LogP contribution in [0.4, 0.5) is 0 Å². The third kappa shape index (κ3) is 8.30. The van der Waals surface area contributed by atoms with Crippen molar-refractivity contribution in [1.82, 2.24) is 9.80 Å². The van der Waals surface area contributed by atoms with E-state index in [9.17, 15) is 4.79 Å². The first kappa shape index (κ1) is 25.6. The standard InChI is InChI=1S/C33H36N2O/c36-28-33(35(26-31-18-9-3-10-19-31)27-32-20-11-4-12-21-32)22-13-23-34(24-29-14-5-1-6-15-29)25-30-16-7-2-8-17-30/h1-12,14-21,28,33H,13,22-27H2/t33-/m0/s1. The van der Waals surface area contributed by atoms with Gasteiger partial charge in [-0.2, -0.15) is 0 Å². The Labute approximate surface area is 216 Å². The lowest BCUT2D eigenvalue weighted by molar-refractivity contribution is -0.113. The minimum absolute atomic E-state index is 0.124. The van der Waals surface area contributed by atoms with Gasteiger partial charge in [-0.05, 0) is 41.6 Å². The number of benzene rings is 4. The molecule has 0 amide bonds. The van der Waals surface area contributed by atoms with Gasteiger partial charge in [-0.1, -0.05) is 121 Å². The number of carbonyl (C=O) groups is 1. The first-order valence-electron chi connectivity index (χ1n) is 12.9. The number of rotatable bonds is 14. The number of carbonyl (C=O) groups excluding carboxylic acids is 1. The molecule has 36 heavy (non-hydrogen) atoms. The van der Waals surface area contributed by atoms with E-state index in [4.69, 9.17) is 0 Å². The molecule has 0 bridgehead atoms. The van der Waals surface area contributed by atoms with Crippen molar-refractivity contribution in [3.63, 3.8) is 0 Å². The van der Waals surface area contributed by atoms with Crippen LogP contribution in [-0.4, -0.2) is 28.7 Å². The smallest absolute Gasteiger partial charge is 0.137 e. The summed E-state index contributed by atoms with van der Waals surface area (Å²) in [5, 5.41) is 0. The van der Waals surface area contributed by atoms with E-state index in [-0.39, 0.29) is 6.04 Å². The van der Waals surface area contributed by atoms with Gasteiger partial charge < -0.3 is 4.79 Å². The SMILES string of the molecule is O=C[C@H](CCCN(Cc1ccccc1)Cc1ccccc1)N(Cc1ccccc1)Cc1ccccc1. The Morgan fingerprint density at radius 1 is 0.528 bits per heavy atom. The molecule has 4 aromatic rings. The Bertz CT molecular complexity index is 1050. The summed E-state index contributed by atoms with van der Waals surface area (Å²) in [7, 11) is 0. The van der Waals surface area contributed by atoms with Crippen LogP contribution in [0.3, 0.4) is 0 Å². The minimum Gasteiger partial charge on any atom is -0.302 e. The highest BCUT2D eigenvalue weighted by Crippen LogP contribution is 2.17. The second-order valence-corrected chi connectivity index (χ2v) is 9.40. The molecule has 0 spiro atoms. The summed E-state index contributed by atoms with van der Waals surface area (Å²) in [4.78, 5) is 17.1. The number of aldehydes is 1. The highest BCUT2D eigenvalue weighted by Gasteiger charge is 2.19. The Morgan fingerprint density at radius 2 is 0.889 bits per heavy atom. The molecule has 0 saturated heterocycles. The molecule has 0 aromatic heterocycles. The first-order valence-corrected chi connectivity index (χ1v) is 12.9. The number of hydrogen-bond acceptors (Lipinski definition) is 3. The van der Waals surface area contributed by atoms with Crippen LogP contribution >= 0.6 is 0 Å². The fraction of sp³-hybridized carbons (Fsp3) is 0.242. The molecule has 0 N–H and O–H groups in total. The first-order chi connectivity index (χ1) is 17.8. The van der Waals surface area contributed by atoms with Gasteiger partial charge in [0.1, 0.15) is 6.29 Å². The largest absolute Gasteiger partial charge is 0.302 e. The van der Waals surface area contributed by atoms with Gasteiger partial charge in [0.2, 0.25) is 0 Å². The van der Waals surface area contributed by atoms with Gasteiger partial charge in [0.05, 0.1) is 6.04 Å². The molecular formula is C33H36N2O. The highest BCUT2D eigenvalue weighted by molar-refractivity contribution is 5.57. The van der Waals surface area contributed by atoms with Crippen LogP contribution in [0.1, 0.15) is 35.1 Å². The predicted molar refractivity (Wildman–Crippen MR) is 148 cm³/mol. The van der Waals surface area contributed by atoms with Crippen molar-refractivity contribution in [2.24, 2.45) is 0 Å². The molecule has 0 saturated carbocycles. The lowest BCUT2D eigenvalue weighted by Gasteiger charge is -2.29. The molecule has 3 nitrogen and oxygen atoms in total. The lowest BCUT2D eigenvalue weighted by atomic mass is 10.1. The quantitative estimate of drug-likeness (QED) is 0.188. The van der Waals surface area contributed by atoms with Gasteiger partial charge in [-0.3, -0.25) is 9.80 Å². The van der Waals surface area contributed by atoms with E-state index < -0.39 is 0 Å². The zero-order valence-corrected chi connectivity index (χ0v) is 21.0. The highest BCUT2D eigenvalue weighted by atomic mass is 16.1. The van der Waals surface area contributed by atoms with Gasteiger partial charge in [-0.25, -0.2) is 0 Å². The monoisotopic (exact) mass is 476 g/mol. The molecule has 4 aromatic carbocycles. The Kier molecular flexibility index (Phi) is 10.0. The van der Waals surface area contributed by atoms with Crippen LogP contribution in [0.5, 0.6) is 0 Å². The van der Waals surface area contributed by atoms with Crippen LogP contribution in [0, 0.1) is 0 Å². The van der Waals surface area contributed by atoms with Crippen molar-refractivity contribution >= 4 is 6.29 Å². The predicted octanol–water partition coefficient (Wildman–Crippen LogP) is 6.74. The van der Waals surface area contributed by atoms with E-state index in [2.05, 4.69) is 119 Å². The average molecular weight is 477 g/mol. The van der Waals surface area contributed by atoms with E-state index in [1.165, 1.54) is 22.3 Å². The zero-order chi connectivity index (χ0) is 24.8. The fourth-order valence-electron chi connectivity index (χ4n) is 4.68. The molecule has 0 radical (unpaired) electrons. The van der Waals surface area contributed by atoms with Crippen molar-refractivity contribution in [3.05, 3.63) is 144 Å². The van der Waals surface area contributed by atoms with Gasteiger partial charge in [0.25, 0.3) is 0 Å². The maximum Gasteiger partial charge on any atom is 0.137 e. The van der Waals surface area contributed by atoms with Crippen LogP contribution in [0.15, 0.2) is 121 Å². The third-order valence-electron chi connectivity index (χ3n) is 6.56. The van der Waals surface area contributed by atoms with E-state index >= 15 is 0 Å². The summed E-state index contributed by atoms with van der Waals surface area (Å²) >= 11 is 0. The summed E-state index contributed by atoms with van der Waals surface area (Å²) < 4.78 is 0. The Morgan fingerprint density at radius 3 is 1.25 bits per heavy atom. The molecule has 184 valence electrons. The van der Waals surface area contributed by atoms with Crippen molar-refractivity contribution in [3.8, 4) is 0 Å². The summed E-state index contributed by atoms with van der Waals surface area (Å²) in [6.07, 6.45) is 2.94. The van der Waals surface area contributed by atoms with Crippen molar-refractivity contribution < 1.29 is 4.79 Å². The van der Waals surface area contributed by atoms with Crippen LogP contribution < -0.4 is 0 Å². The average Bonchev–Trinajstić information content (AvgIpc) is 2.93. The minimum atomic E-state index is -0.124. The number of hydrogen-bond donors (Lipinski definition) is 0. The van der Waals surface area contributed by atoms with Crippen LogP contribution in [0.2, 0.25) is 0 Å². The third-order valence-corrected chi connectivity index (χ3v) is 6.56. The summed E-state index contributed by atoms with van der Waals surface area (Å²) in [6, 6.07) is 42.1. The van der Waals surface area contributed by atoms with Crippen molar-refractivity contribution in [2.45, 2.75) is 45.1 Å². The molecule has 4 rings (SSSR count). The maximum atomic E-state index is 12.3. The molecule has 0 fully saturated rings. The Hall–Kier alpha value is -3.53.